The first-order valence-electron chi connectivity index (χ1n) is 13.3. The molecule has 3 rings (SSSR count). The molecule has 0 aliphatic heterocycles. The molecule has 0 spiro atoms. The minimum atomic E-state index is -0.244. The lowest BCUT2D eigenvalue weighted by molar-refractivity contribution is -0.777. The van der Waals surface area contributed by atoms with Crippen LogP contribution in [0, 0.1) is 20.8 Å². The molecule has 6 heteroatoms. The lowest BCUT2D eigenvalue weighted by atomic mass is 9.81. The second-order valence-corrected chi connectivity index (χ2v) is 16.1. The van der Waals surface area contributed by atoms with E-state index < -0.39 is 0 Å². The molecule has 0 atom stereocenters. The van der Waals surface area contributed by atoms with Crippen molar-refractivity contribution in [2.45, 2.75) is 114 Å². The van der Waals surface area contributed by atoms with Crippen molar-refractivity contribution in [2.24, 2.45) is 0 Å². The van der Waals surface area contributed by atoms with Gasteiger partial charge in [-0.1, -0.05) is 57.2 Å². The Bertz CT molecular complexity index is 1150. The average molecular weight is 571 g/mol. The van der Waals surface area contributed by atoms with Crippen molar-refractivity contribution >= 4 is 22.9 Å². The Hall–Kier alpha value is -1.96. The molecule has 0 saturated heterocycles. The topological polar surface area (TPSA) is 50.8 Å². The number of hydrogen-bond donors (Lipinski definition) is 0. The number of ether oxygens (including phenoxy) is 1. The third-order valence-corrected chi connectivity index (χ3v) is 8.95. The van der Waals surface area contributed by atoms with E-state index in [0.29, 0.717) is 0 Å². The van der Waals surface area contributed by atoms with Gasteiger partial charge in [0.25, 0.3) is 0 Å². The van der Waals surface area contributed by atoms with Crippen molar-refractivity contribution in [3.8, 4) is 5.75 Å². The van der Waals surface area contributed by atoms with Crippen molar-refractivity contribution < 1.29 is 19.4 Å². The normalized spacial score (nSPS) is 12.3. The maximum absolute atomic E-state index is 9.23. The van der Waals surface area contributed by atoms with Crippen LogP contribution in [-0.2, 0) is 25.7 Å². The summed E-state index contributed by atoms with van der Waals surface area (Å²) in [6.07, 6.45) is 0. The summed E-state index contributed by atoms with van der Waals surface area (Å²) in [6.45, 7) is 25.8. The van der Waals surface area contributed by atoms with E-state index >= 15 is 0 Å². The molecule has 214 valence electrons. The number of benzene rings is 3. The fourth-order valence-electron chi connectivity index (χ4n) is 4.34. The van der Waals surface area contributed by atoms with E-state index in [1.54, 1.807) is 0 Å². The monoisotopic (exact) mass is 570 g/mol. The van der Waals surface area contributed by atoms with Gasteiger partial charge in [0.05, 0.1) is 10.9 Å². The molecule has 39 heavy (non-hydrogen) atoms. The lowest BCUT2D eigenvalue weighted by Gasteiger charge is -2.32. The molecule has 0 aliphatic carbocycles. The van der Waals surface area contributed by atoms with Crippen molar-refractivity contribution in [2.75, 3.05) is 0 Å². The Kier molecular flexibility index (Phi) is 11.6. The van der Waals surface area contributed by atoms with E-state index in [1.165, 1.54) is 36.9 Å². The van der Waals surface area contributed by atoms with E-state index in [2.05, 4.69) is 132 Å². The van der Waals surface area contributed by atoms with E-state index in [0.717, 1.165) is 17.8 Å². The second-order valence-electron chi connectivity index (χ2n) is 12.6. The maximum atomic E-state index is 9.23. The zero-order valence-corrected chi connectivity index (χ0v) is 27.4. The van der Waals surface area contributed by atoms with Crippen LogP contribution in [0.5, 0.6) is 5.75 Å². The van der Waals surface area contributed by atoms with Gasteiger partial charge in [0.15, 0.2) is 14.7 Å². The van der Waals surface area contributed by atoms with Crippen LogP contribution < -0.4 is 9.99 Å². The molecule has 0 N–H and O–H groups in total. The van der Waals surface area contributed by atoms with Gasteiger partial charge in [-0.3, -0.25) is 5.04 Å². The number of hydrogen-bond acceptors (Lipinski definition) is 5. The zero-order chi connectivity index (χ0) is 29.6. The fourth-order valence-corrected chi connectivity index (χ4v) is 7.04. The SMILES string of the molecule is CC(C)(C)SOO[O-].Cc1c(C)c([S+](c2ccccc2)c2ccccc2)c(C)c(C(C)(C)C)c1OC(C)(C)C. The first kappa shape index (κ1) is 33.2. The Morgan fingerprint density at radius 1 is 0.667 bits per heavy atom. The van der Waals surface area contributed by atoms with E-state index in [1.807, 2.05) is 20.8 Å². The molecule has 4 nitrogen and oxygen atoms in total. The summed E-state index contributed by atoms with van der Waals surface area (Å²) in [5.41, 5.74) is 4.99. The molecular formula is C33H46O4S2. The summed E-state index contributed by atoms with van der Waals surface area (Å²) in [6, 6.07) is 21.9. The standard InChI is InChI=1S/C29H37OS.C4H10O3S/c1-20-21(2)27(22(3)25(28(4,5)6)26(20)30-29(7,8)9)31(23-16-12-10-13-17-23)24-18-14-11-15-19-24;1-4(2,3)8-7-6-5/h10-19H,1-9H3;5H,1-3H3/q+1;/p-1. The quantitative estimate of drug-likeness (QED) is 0.128. The Morgan fingerprint density at radius 3 is 1.46 bits per heavy atom. The fraction of sp³-hybridized carbons (Fsp3) is 0.455. The Balaban J connectivity index is 0.000000580. The molecular weight excluding hydrogens is 524 g/mol. The predicted octanol–water partition coefficient (Wildman–Crippen LogP) is 8.84. The summed E-state index contributed by atoms with van der Waals surface area (Å²) in [5.74, 6) is 1.06. The van der Waals surface area contributed by atoms with Gasteiger partial charge in [0, 0.05) is 33.5 Å². The van der Waals surface area contributed by atoms with Crippen LogP contribution >= 0.6 is 12.0 Å². The van der Waals surface area contributed by atoms with Crippen LogP contribution in [0.4, 0.5) is 0 Å². The molecule has 0 aromatic heterocycles. The third-order valence-electron chi connectivity index (χ3n) is 5.82. The summed E-state index contributed by atoms with van der Waals surface area (Å²) >= 11 is 0.999. The van der Waals surface area contributed by atoms with E-state index in [9.17, 15) is 5.26 Å². The maximum Gasteiger partial charge on any atom is 0.173 e. The molecule has 0 amide bonds. The highest BCUT2D eigenvalue weighted by molar-refractivity contribution is 7.97. The van der Waals surface area contributed by atoms with Crippen LogP contribution in [0.15, 0.2) is 75.4 Å². The molecule has 0 unspecified atom stereocenters. The van der Waals surface area contributed by atoms with Crippen LogP contribution in [0.3, 0.4) is 0 Å². The molecule has 0 bridgehead atoms. The summed E-state index contributed by atoms with van der Waals surface area (Å²) in [7, 11) is -0.180. The van der Waals surface area contributed by atoms with Crippen molar-refractivity contribution in [3.05, 3.63) is 82.9 Å². The Morgan fingerprint density at radius 2 is 1.13 bits per heavy atom. The molecule has 3 aromatic carbocycles. The highest BCUT2D eigenvalue weighted by atomic mass is 32.2. The van der Waals surface area contributed by atoms with Crippen LogP contribution in [0.2, 0.25) is 0 Å². The predicted molar refractivity (Wildman–Crippen MR) is 164 cm³/mol. The summed E-state index contributed by atoms with van der Waals surface area (Å²) in [5, 5.41) is 12.4. The van der Waals surface area contributed by atoms with Gasteiger partial charge < -0.3 is 9.99 Å². The van der Waals surface area contributed by atoms with Gasteiger partial charge in [-0.15, -0.1) is 0 Å². The largest absolute Gasteiger partial charge is 0.691 e. The van der Waals surface area contributed by atoms with Crippen molar-refractivity contribution in [1.82, 2.24) is 0 Å². The van der Waals surface area contributed by atoms with Crippen LogP contribution in [-0.4, -0.2) is 10.3 Å². The second kappa shape index (κ2) is 13.6. The molecule has 0 radical (unpaired) electrons. The number of rotatable bonds is 6. The summed E-state index contributed by atoms with van der Waals surface area (Å²) in [4.78, 5) is 4.13. The van der Waals surface area contributed by atoms with Gasteiger partial charge in [-0.2, -0.15) is 4.33 Å². The summed E-state index contributed by atoms with van der Waals surface area (Å²) < 4.78 is 10.6. The smallest absolute Gasteiger partial charge is 0.173 e. The molecule has 3 aromatic rings. The van der Waals surface area contributed by atoms with Gasteiger partial charge >= 0.3 is 0 Å². The Labute approximate surface area is 243 Å². The minimum Gasteiger partial charge on any atom is -0.691 e. The third kappa shape index (κ3) is 9.58. The van der Waals surface area contributed by atoms with Gasteiger partial charge in [0.2, 0.25) is 0 Å². The van der Waals surface area contributed by atoms with Crippen molar-refractivity contribution in [1.29, 1.82) is 0 Å². The molecule has 0 fully saturated rings. The molecule has 0 saturated carbocycles. The minimum absolute atomic E-state index is 0.0275. The lowest BCUT2D eigenvalue weighted by Crippen LogP contribution is -2.28. The van der Waals surface area contributed by atoms with Gasteiger partial charge in [-0.05, 0) is 97.6 Å². The highest BCUT2D eigenvalue weighted by Crippen LogP contribution is 2.46. The molecule has 0 heterocycles. The average Bonchev–Trinajstić information content (AvgIpc) is 2.83. The highest BCUT2D eigenvalue weighted by Gasteiger charge is 2.38. The first-order valence-corrected chi connectivity index (χ1v) is 15.3. The van der Waals surface area contributed by atoms with Crippen LogP contribution in [0.1, 0.15) is 84.6 Å². The van der Waals surface area contributed by atoms with Crippen LogP contribution in [0.25, 0.3) is 0 Å². The van der Waals surface area contributed by atoms with Gasteiger partial charge in [0.1, 0.15) is 11.4 Å². The van der Waals surface area contributed by atoms with E-state index in [-0.39, 0.29) is 26.7 Å². The van der Waals surface area contributed by atoms with Gasteiger partial charge in [-0.25, -0.2) is 0 Å². The van der Waals surface area contributed by atoms with E-state index in [4.69, 9.17) is 4.74 Å². The first-order chi connectivity index (χ1) is 18.0. The van der Waals surface area contributed by atoms with Crippen molar-refractivity contribution in [3.63, 3.8) is 0 Å². The zero-order valence-electron chi connectivity index (χ0n) is 25.7. The molecule has 0 aliphatic rings.